The molecule has 0 aromatic carbocycles. The van der Waals surface area contributed by atoms with Crippen LogP contribution < -0.4 is 4.81 Å². The van der Waals surface area contributed by atoms with Crippen LogP contribution >= 0.6 is 0 Å². The molecule has 1 saturated heterocycles. The first-order chi connectivity index (χ1) is 5.86. The minimum atomic E-state index is 0. The van der Waals surface area contributed by atoms with E-state index in [4.69, 9.17) is 0 Å². The monoisotopic (exact) mass is 355 g/mol. The summed E-state index contributed by atoms with van der Waals surface area (Å²) >= 11 is 0. The van der Waals surface area contributed by atoms with E-state index in [1.165, 1.54) is 0 Å². The van der Waals surface area contributed by atoms with Crippen LogP contribution in [0.25, 0.3) is 0 Å². The third-order valence-electron chi connectivity index (χ3n) is 1.97. The summed E-state index contributed by atoms with van der Waals surface area (Å²) in [6.07, 6.45) is 1.82. The van der Waals surface area contributed by atoms with Crippen molar-refractivity contribution < 1.29 is 21.1 Å². The van der Waals surface area contributed by atoms with E-state index >= 15 is 0 Å². The van der Waals surface area contributed by atoms with Crippen molar-refractivity contribution in [2.24, 2.45) is 0 Å². The molecule has 1 aromatic rings. The van der Waals surface area contributed by atoms with Crippen LogP contribution in [0.1, 0.15) is 0 Å². The molecule has 1 radical (unpaired) electrons. The van der Waals surface area contributed by atoms with E-state index in [0.717, 1.165) is 18.9 Å². The fraction of sp³-hybridized carbons (Fsp3) is 0.375. The van der Waals surface area contributed by atoms with Crippen molar-refractivity contribution in [1.82, 2.24) is 9.79 Å². The van der Waals surface area contributed by atoms with Crippen molar-refractivity contribution in [3.63, 3.8) is 0 Å². The Morgan fingerprint density at radius 1 is 1.38 bits per heavy atom. The van der Waals surface area contributed by atoms with E-state index in [0.29, 0.717) is 0 Å². The molecule has 5 heteroatoms. The van der Waals surface area contributed by atoms with Gasteiger partial charge in [0.25, 0.3) is 0 Å². The normalized spacial score (nSPS) is 16.5. The van der Waals surface area contributed by atoms with Gasteiger partial charge in [0.2, 0.25) is 0 Å². The Morgan fingerprint density at radius 2 is 2.23 bits per heavy atom. The van der Waals surface area contributed by atoms with Gasteiger partial charge in [0, 0.05) is 40.4 Å². The molecule has 2 rings (SSSR count). The van der Waals surface area contributed by atoms with Gasteiger partial charge in [0.1, 0.15) is 5.82 Å². The van der Waals surface area contributed by atoms with Gasteiger partial charge in [0.05, 0.1) is 0 Å². The van der Waals surface area contributed by atoms with Crippen molar-refractivity contribution >= 4 is 13.4 Å². The van der Waals surface area contributed by atoms with E-state index in [1.54, 1.807) is 0 Å². The third kappa shape index (κ3) is 2.55. The van der Waals surface area contributed by atoms with Crippen LogP contribution in [-0.2, 0) is 21.1 Å². The van der Waals surface area contributed by atoms with Crippen molar-refractivity contribution in [3.8, 4) is 0 Å². The largest absolute Gasteiger partial charge is 0.388 e. The molecular formula is C8H11BN3Pt. The summed E-state index contributed by atoms with van der Waals surface area (Å²) in [5.41, 5.74) is 0. The van der Waals surface area contributed by atoms with Gasteiger partial charge in [-0.2, -0.15) is 0 Å². The zero-order valence-electron chi connectivity index (χ0n) is 7.46. The fourth-order valence-electron chi connectivity index (χ4n) is 1.32. The summed E-state index contributed by atoms with van der Waals surface area (Å²) in [7, 11) is 4.16. The summed E-state index contributed by atoms with van der Waals surface area (Å²) < 4.78 is 0. The third-order valence-corrected chi connectivity index (χ3v) is 1.97. The maximum atomic E-state index is 4.26. The number of nitrogens with zero attached hydrogens (tertiary/aromatic N) is 3. The molecule has 71 valence electrons. The minimum Gasteiger partial charge on any atom is -0.388 e. The van der Waals surface area contributed by atoms with Crippen LogP contribution in [0.4, 0.5) is 5.82 Å². The molecule has 0 aliphatic carbocycles. The van der Waals surface area contributed by atoms with Crippen molar-refractivity contribution in [2.45, 2.75) is 0 Å². The smallest absolute Gasteiger partial charge is 0.353 e. The molecule has 1 aliphatic heterocycles. The second kappa shape index (κ2) is 4.78. The molecule has 2 heterocycles. The molecule has 1 aliphatic rings. The van der Waals surface area contributed by atoms with Crippen LogP contribution in [-0.4, -0.2) is 37.5 Å². The number of anilines is 1. The average Bonchev–Trinajstić information content (AvgIpc) is 2.54. The fourth-order valence-corrected chi connectivity index (χ4v) is 1.32. The summed E-state index contributed by atoms with van der Waals surface area (Å²) in [5, 5.41) is 0. The Hall–Kier alpha value is -0.337. The van der Waals surface area contributed by atoms with Crippen LogP contribution in [0.2, 0.25) is 0 Å². The van der Waals surface area contributed by atoms with Crippen LogP contribution in [0.3, 0.4) is 0 Å². The van der Waals surface area contributed by atoms with Crippen LogP contribution in [0, 0.1) is 0 Å². The Kier molecular flexibility index (Phi) is 3.95. The van der Waals surface area contributed by atoms with Gasteiger partial charge in [-0.25, -0.2) is 4.98 Å². The number of likely N-dealkylation sites (N-methyl/N-ethyl adjacent to an activating group) is 1. The second-order valence-electron chi connectivity index (χ2n) is 2.98. The summed E-state index contributed by atoms with van der Waals surface area (Å²) in [6.45, 7) is 2.12. The molecule has 3 nitrogen and oxygen atoms in total. The molecule has 0 bridgehead atoms. The summed E-state index contributed by atoms with van der Waals surface area (Å²) in [5.74, 6) is 1.03. The SMILES string of the molecule is CN1[B]N(c2ccccn2)CC1.[Pt]. The Balaban J connectivity index is 0.000000845. The number of aromatic nitrogens is 1. The van der Waals surface area contributed by atoms with Gasteiger partial charge in [-0.05, 0) is 19.2 Å². The molecule has 0 saturated carbocycles. The van der Waals surface area contributed by atoms with Crippen LogP contribution in [0.15, 0.2) is 24.4 Å². The Bertz CT molecular complexity index is 257. The number of pyridine rings is 1. The van der Waals surface area contributed by atoms with Gasteiger partial charge >= 0.3 is 7.55 Å². The van der Waals surface area contributed by atoms with Crippen molar-refractivity contribution in [3.05, 3.63) is 24.4 Å². The minimum absolute atomic E-state index is 0. The molecule has 0 spiro atoms. The standard InChI is InChI=1S/C8H11BN3.Pt/c1-11-6-7-12(9-11)8-4-2-3-5-10-8;/h2-5H,6-7H2,1H3;. The van der Waals surface area contributed by atoms with Gasteiger partial charge < -0.3 is 9.62 Å². The first-order valence-corrected chi connectivity index (χ1v) is 4.09. The van der Waals surface area contributed by atoms with E-state index in [2.05, 4.69) is 29.2 Å². The maximum Gasteiger partial charge on any atom is 0.353 e. The second-order valence-corrected chi connectivity index (χ2v) is 2.98. The molecule has 1 fully saturated rings. The van der Waals surface area contributed by atoms with Gasteiger partial charge in [-0.3, -0.25) is 0 Å². The number of hydrogen-bond donors (Lipinski definition) is 0. The Morgan fingerprint density at radius 3 is 2.77 bits per heavy atom. The number of hydrogen-bond acceptors (Lipinski definition) is 3. The van der Waals surface area contributed by atoms with E-state index in [-0.39, 0.29) is 21.1 Å². The molecule has 0 unspecified atom stereocenters. The summed E-state index contributed by atoms with van der Waals surface area (Å²) in [4.78, 5) is 8.58. The van der Waals surface area contributed by atoms with Crippen molar-refractivity contribution in [2.75, 3.05) is 24.9 Å². The Labute approximate surface area is 93.7 Å². The predicted octanol–water partition coefficient (Wildman–Crippen LogP) is 0.365. The zero-order valence-corrected chi connectivity index (χ0v) is 9.73. The van der Waals surface area contributed by atoms with E-state index in [1.807, 2.05) is 24.4 Å². The first kappa shape index (κ1) is 10.7. The molecule has 0 N–H and O–H groups in total. The molecule has 0 atom stereocenters. The van der Waals surface area contributed by atoms with Gasteiger partial charge in [0.15, 0.2) is 0 Å². The first-order valence-electron chi connectivity index (χ1n) is 4.09. The van der Waals surface area contributed by atoms with Crippen molar-refractivity contribution in [1.29, 1.82) is 0 Å². The molecule has 13 heavy (non-hydrogen) atoms. The van der Waals surface area contributed by atoms with Crippen LogP contribution in [0.5, 0.6) is 0 Å². The predicted molar refractivity (Wildman–Crippen MR) is 50.0 cm³/mol. The molecule has 0 amide bonds. The molecule has 1 aromatic heterocycles. The average molecular weight is 355 g/mol. The summed E-state index contributed by atoms with van der Waals surface area (Å²) in [6, 6.07) is 5.97. The van der Waals surface area contributed by atoms with Gasteiger partial charge in [-0.15, -0.1) is 0 Å². The quantitative estimate of drug-likeness (QED) is 0.679. The maximum absolute atomic E-state index is 4.26. The number of rotatable bonds is 1. The van der Waals surface area contributed by atoms with E-state index < -0.39 is 0 Å². The topological polar surface area (TPSA) is 19.4 Å². The van der Waals surface area contributed by atoms with Gasteiger partial charge in [-0.1, -0.05) is 6.07 Å². The zero-order chi connectivity index (χ0) is 8.39. The molecular weight excluding hydrogens is 344 g/mol. The van der Waals surface area contributed by atoms with E-state index in [9.17, 15) is 0 Å².